The van der Waals surface area contributed by atoms with Crippen LogP contribution in [-0.4, -0.2) is 62.8 Å². The molecular formula is C10H15N7O5. The lowest BCUT2D eigenvalue weighted by atomic mass is 10.1. The largest absolute Gasteiger partial charge is 0.394 e. The van der Waals surface area contributed by atoms with Gasteiger partial charge in [0.05, 0.1) is 13.2 Å². The van der Waals surface area contributed by atoms with Crippen molar-refractivity contribution >= 4 is 5.95 Å². The van der Waals surface area contributed by atoms with E-state index < -0.39 is 36.8 Å². The number of nitrogen functional groups attached to an aromatic ring is 1. The van der Waals surface area contributed by atoms with E-state index in [0.717, 1.165) is 10.9 Å². The van der Waals surface area contributed by atoms with E-state index >= 15 is 0 Å². The van der Waals surface area contributed by atoms with Crippen LogP contribution in [0.25, 0.3) is 10.4 Å². The number of nitrogens with zero attached hydrogens (tertiary/aromatic N) is 6. The summed E-state index contributed by atoms with van der Waals surface area (Å²) in [7, 11) is 0. The average Bonchev–Trinajstić information content (AvgIpc) is 2.80. The minimum Gasteiger partial charge on any atom is -0.394 e. The second kappa shape index (κ2) is 7.15. The Morgan fingerprint density at radius 3 is 3.05 bits per heavy atom. The number of aliphatic hydroxyl groups is 2. The number of hydrogen-bond donors (Lipinski definition) is 3. The quantitative estimate of drug-likeness (QED) is 0.237. The molecule has 0 aliphatic carbocycles. The number of nitrogens with two attached hydrogens (primary N) is 1. The number of aromatic nitrogens is 3. The Morgan fingerprint density at radius 2 is 2.41 bits per heavy atom. The molecule has 4 N–H and O–H groups in total. The smallest absolute Gasteiger partial charge is 0.354 e. The molecule has 22 heavy (non-hydrogen) atoms. The van der Waals surface area contributed by atoms with Crippen molar-refractivity contribution in [2.24, 2.45) is 5.11 Å². The van der Waals surface area contributed by atoms with Crippen molar-refractivity contribution in [2.75, 3.05) is 25.5 Å². The maximum Gasteiger partial charge on any atom is 0.354 e. The van der Waals surface area contributed by atoms with Gasteiger partial charge in [0, 0.05) is 11.5 Å². The highest BCUT2D eigenvalue weighted by molar-refractivity contribution is 5.10. The molecule has 1 fully saturated rings. The van der Waals surface area contributed by atoms with Crippen LogP contribution in [0.15, 0.2) is 16.2 Å². The molecule has 0 aromatic carbocycles. The highest BCUT2D eigenvalue weighted by Gasteiger charge is 2.45. The van der Waals surface area contributed by atoms with Gasteiger partial charge in [-0.05, 0) is 5.53 Å². The summed E-state index contributed by atoms with van der Waals surface area (Å²) in [6.45, 7) is -0.407. The molecule has 0 radical (unpaired) electrons. The zero-order valence-electron chi connectivity index (χ0n) is 11.4. The monoisotopic (exact) mass is 313 g/mol. The third kappa shape index (κ3) is 3.32. The Kier molecular flexibility index (Phi) is 5.25. The second-order valence-electron chi connectivity index (χ2n) is 4.43. The predicted molar refractivity (Wildman–Crippen MR) is 71.5 cm³/mol. The molecule has 120 valence electrons. The highest BCUT2D eigenvalue weighted by Crippen LogP contribution is 2.30. The number of aliphatic hydroxyl groups excluding tert-OH is 2. The van der Waals surface area contributed by atoms with Gasteiger partial charge < -0.3 is 25.4 Å². The molecule has 12 nitrogen and oxygen atoms in total. The van der Waals surface area contributed by atoms with Gasteiger partial charge in [0.25, 0.3) is 0 Å². The van der Waals surface area contributed by atoms with Gasteiger partial charge in [0.15, 0.2) is 6.23 Å². The van der Waals surface area contributed by atoms with Crippen LogP contribution in [0.2, 0.25) is 0 Å². The molecule has 1 aromatic heterocycles. The molecule has 1 aliphatic heterocycles. The molecule has 2 heterocycles. The third-order valence-electron chi connectivity index (χ3n) is 3.08. The fourth-order valence-corrected chi connectivity index (χ4v) is 2.08. The lowest BCUT2D eigenvalue weighted by molar-refractivity contribution is -0.0730. The number of anilines is 1. The van der Waals surface area contributed by atoms with E-state index in [4.69, 9.17) is 20.7 Å². The summed E-state index contributed by atoms with van der Waals surface area (Å²) in [6.07, 6.45) is -2.99. The minimum atomic E-state index is -1.18. The van der Waals surface area contributed by atoms with Crippen LogP contribution in [0, 0.1) is 0 Å². The Morgan fingerprint density at radius 1 is 1.64 bits per heavy atom. The summed E-state index contributed by atoms with van der Waals surface area (Å²) in [5.41, 5.74) is 12.8. The summed E-state index contributed by atoms with van der Waals surface area (Å²) in [4.78, 5) is 21.6. The molecule has 1 aliphatic rings. The zero-order valence-corrected chi connectivity index (χ0v) is 11.4. The normalized spacial score (nSPS) is 27.5. The predicted octanol–water partition coefficient (Wildman–Crippen LogP) is -1.83. The van der Waals surface area contributed by atoms with E-state index in [1.807, 2.05) is 0 Å². The van der Waals surface area contributed by atoms with Crippen molar-refractivity contribution in [1.29, 1.82) is 0 Å². The first-order valence-corrected chi connectivity index (χ1v) is 6.36. The molecule has 1 aromatic rings. The highest BCUT2D eigenvalue weighted by atomic mass is 16.6. The third-order valence-corrected chi connectivity index (χ3v) is 3.08. The Balaban J connectivity index is 2.21. The summed E-state index contributed by atoms with van der Waals surface area (Å²) in [5, 5.41) is 22.6. The van der Waals surface area contributed by atoms with Gasteiger partial charge in [-0.15, -0.1) is 0 Å². The van der Waals surface area contributed by atoms with Crippen molar-refractivity contribution < 1.29 is 19.7 Å². The molecule has 0 amide bonds. The first-order chi connectivity index (χ1) is 10.6. The summed E-state index contributed by atoms with van der Waals surface area (Å²) in [5.74, 6) is -0.195. The van der Waals surface area contributed by atoms with Crippen LogP contribution in [0.3, 0.4) is 0 Å². The Hall–Kier alpha value is -2.24. The number of ether oxygens (including phenoxy) is 2. The summed E-state index contributed by atoms with van der Waals surface area (Å²) < 4.78 is 11.8. The maximum absolute atomic E-state index is 11.8. The molecule has 0 saturated carbocycles. The molecular weight excluding hydrogens is 298 g/mol. The second-order valence-corrected chi connectivity index (χ2v) is 4.43. The molecule has 4 atom stereocenters. The van der Waals surface area contributed by atoms with Gasteiger partial charge in [-0.2, -0.15) is 4.98 Å². The first kappa shape index (κ1) is 16.1. The van der Waals surface area contributed by atoms with Crippen molar-refractivity contribution in [1.82, 2.24) is 14.5 Å². The average molecular weight is 313 g/mol. The van der Waals surface area contributed by atoms with Crippen LogP contribution in [0.4, 0.5) is 5.95 Å². The summed E-state index contributed by atoms with van der Waals surface area (Å²) in [6, 6.07) is 0. The van der Waals surface area contributed by atoms with Gasteiger partial charge >= 0.3 is 5.69 Å². The van der Waals surface area contributed by atoms with Crippen LogP contribution in [-0.2, 0) is 9.47 Å². The van der Waals surface area contributed by atoms with Gasteiger partial charge in [0.2, 0.25) is 5.95 Å². The van der Waals surface area contributed by atoms with E-state index in [9.17, 15) is 15.0 Å². The SMILES string of the molecule is [N-]=[N+]=NCCO[C@H]1C(O)[C@@H](CO)O[C@H]1n1cnc(N)nc1=O. The molecule has 2 rings (SSSR count). The van der Waals surface area contributed by atoms with Crippen LogP contribution < -0.4 is 11.4 Å². The molecule has 12 heteroatoms. The lowest BCUT2D eigenvalue weighted by Crippen LogP contribution is -2.38. The molecule has 0 bridgehead atoms. The van der Waals surface area contributed by atoms with Gasteiger partial charge in [-0.25, -0.2) is 9.78 Å². The minimum absolute atomic E-state index is 0.00831. The van der Waals surface area contributed by atoms with E-state index in [1.54, 1.807) is 0 Å². The number of azide groups is 1. The Bertz CT molecular complexity index is 616. The maximum atomic E-state index is 11.8. The summed E-state index contributed by atoms with van der Waals surface area (Å²) >= 11 is 0. The zero-order chi connectivity index (χ0) is 16.1. The van der Waals surface area contributed by atoms with Gasteiger partial charge in [-0.1, -0.05) is 5.11 Å². The van der Waals surface area contributed by atoms with Crippen LogP contribution in [0.5, 0.6) is 0 Å². The first-order valence-electron chi connectivity index (χ1n) is 6.36. The van der Waals surface area contributed by atoms with Crippen LogP contribution in [0.1, 0.15) is 6.23 Å². The van der Waals surface area contributed by atoms with Crippen LogP contribution >= 0.6 is 0 Å². The fraction of sp³-hybridized carbons (Fsp3) is 0.700. The van der Waals surface area contributed by atoms with Crippen molar-refractivity contribution in [3.63, 3.8) is 0 Å². The lowest BCUT2D eigenvalue weighted by Gasteiger charge is -2.21. The van der Waals surface area contributed by atoms with Gasteiger partial charge in [-0.3, -0.25) is 4.57 Å². The molecule has 0 spiro atoms. The number of hydrogen-bond acceptors (Lipinski definition) is 9. The topological polar surface area (TPSA) is 181 Å². The van der Waals surface area contributed by atoms with Crippen molar-refractivity contribution in [3.8, 4) is 0 Å². The van der Waals surface area contributed by atoms with E-state index in [0.29, 0.717) is 0 Å². The van der Waals surface area contributed by atoms with Gasteiger partial charge in [0.1, 0.15) is 24.6 Å². The molecule has 1 unspecified atom stereocenters. The molecule has 1 saturated heterocycles. The van der Waals surface area contributed by atoms with E-state index in [2.05, 4.69) is 20.0 Å². The van der Waals surface area contributed by atoms with Crippen molar-refractivity contribution in [2.45, 2.75) is 24.5 Å². The Labute approximate surface area is 123 Å². The van der Waals surface area contributed by atoms with Crippen molar-refractivity contribution in [3.05, 3.63) is 27.3 Å². The number of rotatable bonds is 6. The van der Waals surface area contributed by atoms with E-state index in [1.165, 1.54) is 0 Å². The standard InChI is InChI=1S/C10H15N7O5/c11-9-13-4-17(10(20)15-9)8-7(21-2-1-14-16-12)6(19)5(3-18)22-8/h4-8,18-19H,1-3H2,(H2,11,15,20)/t5-,6?,7+,8-/m1/s1. The van der Waals surface area contributed by atoms with E-state index in [-0.39, 0.29) is 19.1 Å². The fourth-order valence-electron chi connectivity index (χ4n) is 2.08.